The van der Waals surface area contributed by atoms with Gasteiger partial charge in [0.15, 0.2) is 0 Å². The molecule has 0 aliphatic heterocycles. The molecule has 6 nitrogen and oxygen atoms in total. The maximum Gasteiger partial charge on any atom is 0.353 e. The maximum absolute atomic E-state index is 12.2. The van der Waals surface area contributed by atoms with Crippen LogP contribution in [-0.2, 0) is 19.4 Å². The van der Waals surface area contributed by atoms with Crippen molar-refractivity contribution in [2.75, 3.05) is 13.7 Å². The van der Waals surface area contributed by atoms with E-state index >= 15 is 0 Å². The Morgan fingerprint density at radius 1 is 1.41 bits per heavy atom. The van der Waals surface area contributed by atoms with Gasteiger partial charge >= 0.3 is 5.97 Å². The quantitative estimate of drug-likeness (QED) is 0.761. The van der Waals surface area contributed by atoms with Crippen LogP contribution in [0.5, 0.6) is 0 Å². The van der Waals surface area contributed by atoms with Gasteiger partial charge in [-0.05, 0) is 12.1 Å². The summed E-state index contributed by atoms with van der Waals surface area (Å²) in [6.07, 6.45) is 0. The lowest BCUT2D eigenvalue weighted by Gasteiger charge is -2.25. The van der Waals surface area contributed by atoms with Gasteiger partial charge in [0.05, 0.1) is 4.90 Å². The van der Waals surface area contributed by atoms with Gasteiger partial charge in [-0.15, -0.1) is 0 Å². The smallest absolute Gasteiger partial charge is 0.353 e. The van der Waals surface area contributed by atoms with E-state index in [0.29, 0.717) is 0 Å². The van der Waals surface area contributed by atoms with Crippen LogP contribution < -0.4 is 5.73 Å². The minimum absolute atomic E-state index is 0.144. The van der Waals surface area contributed by atoms with E-state index in [1.165, 1.54) is 24.3 Å². The zero-order chi connectivity index (χ0) is 13.1. The Morgan fingerprint density at radius 3 is 2.29 bits per heavy atom. The number of hydrogen-bond acceptors (Lipinski definition) is 5. The first-order valence-corrected chi connectivity index (χ1v) is 6.19. The highest BCUT2D eigenvalue weighted by molar-refractivity contribution is 7.93. The molecule has 0 amide bonds. The fourth-order valence-corrected chi connectivity index (χ4v) is 2.95. The van der Waals surface area contributed by atoms with Gasteiger partial charge in [-0.25, -0.2) is 13.2 Å². The Kier molecular flexibility index (Phi) is 3.87. The van der Waals surface area contributed by atoms with E-state index in [1.807, 2.05) is 0 Å². The predicted octanol–water partition coefficient (Wildman–Crippen LogP) is -0.154. The molecule has 0 aromatic heterocycles. The number of rotatable bonds is 5. The molecule has 0 aliphatic rings. The van der Waals surface area contributed by atoms with E-state index in [-0.39, 0.29) is 4.90 Å². The summed E-state index contributed by atoms with van der Waals surface area (Å²) < 4.78 is 29.0. The van der Waals surface area contributed by atoms with E-state index in [0.717, 1.165) is 7.11 Å². The largest absolute Gasteiger partial charge is 0.478 e. The van der Waals surface area contributed by atoms with E-state index in [4.69, 9.17) is 10.8 Å². The van der Waals surface area contributed by atoms with E-state index < -0.39 is 27.3 Å². The number of aliphatic carboxylic acids is 1. The van der Waals surface area contributed by atoms with Crippen LogP contribution in [0.2, 0.25) is 0 Å². The molecule has 1 unspecified atom stereocenters. The summed E-state index contributed by atoms with van der Waals surface area (Å²) in [4.78, 5) is 8.53. The third kappa shape index (κ3) is 2.04. The first-order chi connectivity index (χ1) is 7.92. The highest BCUT2D eigenvalue weighted by Gasteiger charge is 2.51. The molecule has 0 fully saturated rings. The number of hydrogen-bond donors (Lipinski definition) is 2. The van der Waals surface area contributed by atoms with Gasteiger partial charge < -0.3 is 15.6 Å². The topological polar surface area (TPSA) is 107 Å². The van der Waals surface area contributed by atoms with Crippen LogP contribution in [0, 0.1) is 0 Å². The minimum Gasteiger partial charge on any atom is -0.478 e. The summed E-state index contributed by atoms with van der Waals surface area (Å²) in [7, 11) is -3.21. The lowest BCUT2D eigenvalue weighted by molar-refractivity contribution is -0.151. The molecule has 1 atom stereocenters. The SMILES string of the molecule is COC(CN)(C(=O)O)S(=O)(=O)c1ccccc1. The molecule has 0 bridgehead atoms. The van der Waals surface area contributed by atoms with Crippen molar-refractivity contribution >= 4 is 15.8 Å². The van der Waals surface area contributed by atoms with Gasteiger partial charge in [-0.2, -0.15) is 0 Å². The summed E-state index contributed by atoms with van der Waals surface area (Å²) in [6, 6.07) is 7.19. The van der Waals surface area contributed by atoms with Crippen LogP contribution >= 0.6 is 0 Å². The third-order valence-corrected chi connectivity index (χ3v) is 4.68. The zero-order valence-corrected chi connectivity index (χ0v) is 9.98. The van der Waals surface area contributed by atoms with Crippen molar-refractivity contribution < 1.29 is 23.1 Å². The number of benzene rings is 1. The number of carbonyl (C=O) groups is 1. The van der Waals surface area contributed by atoms with Crippen LogP contribution in [0.25, 0.3) is 0 Å². The Hall–Kier alpha value is -1.44. The summed E-state index contributed by atoms with van der Waals surface area (Å²) in [5.74, 6) is -1.63. The average Bonchev–Trinajstić information content (AvgIpc) is 2.31. The van der Waals surface area contributed by atoms with Gasteiger partial charge in [0, 0.05) is 13.7 Å². The maximum atomic E-state index is 12.2. The summed E-state index contributed by atoms with van der Waals surface area (Å²) >= 11 is 0. The molecule has 3 N–H and O–H groups in total. The fraction of sp³-hybridized carbons (Fsp3) is 0.300. The number of sulfone groups is 1. The Morgan fingerprint density at radius 2 is 1.94 bits per heavy atom. The lowest BCUT2D eigenvalue weighted by Crippen LogP contribution is -2.53. The van der Waals surface area contributed by atoms with E-state index in [2.05, 4.69) is 4.74 Å². The Bertz CT molecular complexity index is 493. The second-order valence-electron chi connectivity index (χ2n) is 3.28. The second kappa shape index (κ2) is 4.82. The third-order valence-electron chi connectivity index (χ3n) is 2.41. The normalized spacial score (nSPS) is 15.2. The highest BCUT2D eigenvalue weighted by Crippen LogP contribution is 2.26. The van der Waals surface area contributed by atoms with Crippen molar-refractivity contribution in [3.8, 4) is 0 Å². The molecule has 0 aliphatic carbocycles. The van der Waals surface area contributed by atoms with Gasteiger partial charge in [-0.3, -0.25) is 0 Å². The van der Waals surface area contributed by atoms with Crippen molar-refractivity contribution in [2.24, 2.45) is 5.73 Å². The van der Waals surface area contributed by atoms with Gasteiger partial charge in [0.1, 0.15) is 0 Å². The number of carboxylic acid groups (broad SMARTS) is 1. The molecule has 0 saturated carbocycles. The van der Waals surface area contributed by atoms with E-state index in [9.17, 15) is 13.2 Å². The first kappa shape index (κ1) is 13.6. The molecule has 1 aromatic carbocycles. The minimum atomic E-state index is -4.21. The standard InChI is InChI=1S/C10H13NO5S/c1-16-10(7-11,9(12)13)17(14,15)8-5-3-2-4-6-8/h2-6H,7,11H2,1H3,(H,12,13). The molecule has 1 aromatic rings. The summed E-state index contributed by atoms with van der Waals surface area (Å²) in [5.41, 5.74) is 5.26. The molecule has 17 heavy (non-hydrogen) atoms. The lowest BCUT2D eigenvalue weighted by atomic mass is 10.3. The fourth-order valence-electron chi connectivity index (χ4n) is 1.38. The molecule has 1 rings (SSSR count). The molecule has 0 radical (unpaired) electrons. The average molecular weight is 259 g/mol. The summed E-state index contributed by atoms with van der Waals surface area (Å²) in [6.45, 7) is -0.671. The van der Waals surface area contributed by atoms with Gasteiger partial charge in [-0.1, -0.05) is 18.2 Å². The molecular formula is C10H13NO5S. The summed E-state index contributed by atoms with van der Waals surface area (Å²) in [5, 5.41) is 9.04. The monoisotopic (exact) mass is 259 g/mol. The predicted molar refractivity (Wildman–Crippen MR) is 60.1 cm³/mol. The van der Waals surface area contributed by atoms with Crippen molar-refractivity contribution in [3.63, 3.8) is 0 Å². The Labute approximate surface area is 98.9 Å². The van der Waals surface area contributed by atoms with Crippen molar-refractivity contribution in [2.45, 2.75) is 9.83 Å². The highest BCUT2D eigenvalue weighted by atomic mass is 32.2. The number of ether oxygens (including phenoxy) is 1. The first-order valence-electron chi connectivity index (χ1n) is 4.70. The van der Waals surface area contributed by atoms with Crippen LogP contribution in [0.3, 0.4) is 0 Å². The van der Waals surface area contributed by atoms with Crippen molar-refractivity contribution in [3.05, 3.63) is 30.3 Å². The number of nitrogens with two attached hydrogens (primary N) is 1. The van der Waals surface area contributed by atoms with E-state index in [1.54, 1.807) is 6.07 Å². The Balaban J connectivity index is 3.44. The zero-order valence-electron chi connectivity index (χ0n) is 9.16. The number of methoxy groups -OCH3 is 1. The molecular weight excluding hydrogens is 246 g/mol. The van der Waals surface area contributed by atoms with Gasteiger partial charge in [0.2, 0.25) is 9.84 Å². The van der Waals surface area contributed by atoms with Crippen LogP contribution in [0.15, 0.2) is 35.2 Å². The second-order valence-corrected chi connectivity index (χ2v) is 5.42. The van der Waals surface area contributed by atoms with Crippen LogP contribution in [0.1, 0.15) is 0 Å². The van der Waals surface area contributed by atoms with Crippen molar-refractivity contribution in [1.29, 1.82) is 0 Å². The molecule has 7 heteroatoms. The molecule has 0 spiro atoms. The number of carboxylic acids is 1. The van der Waals surface area contributed by atoms with Crippen LogP contribution in [-0.4, -0.2) is 38.1 Å². The van der Waals surface area contributed by atoms with Crippen LogP contribution in [0.4, 0.5) is 0 Å². The molecule has 0 heterocycles. The molecule has 94 valence electrons. The van der Waals surface area contributed by atoms with Crippen molar-refractivity contribution in [1.82, 2.24) is 0 Å². The van der Waals surface area contributed by atoms with Gasteiger partial charge in [0.25, 0.3) is 4.93 Å². The molecule has 0 saturated heterocycles.